The van der Waals surface area contributed by atoms with Gasteiger partial charge in [0, 0.05) is 0 Å². The van der Waals surface area contributed by atoms with Gasteiger partial charge in [0.1, 0.15) is 0 Å². The molecule has 0 atom stereocenters. The third kappa shape index (κ3) is 2.96. The Kier molecular flexibility index (Phi) is 4.62. The van der Waals surface area contributed by atoms with Crippen molar-refractivity contribution in [3.05, 3.63) is 75.4 Å². The monoisotopic (exact) mass is 416 g/mol. The first-order valence-electron chi connectivity index (χ1n) is 5.29. The van der Waals surface area contributed by atoms with Crippen LogP contribution in [-0.4, -0.2) is 0 Å². The maximum absolute atomic E-state index is 6.04. The molecule has 0 spiro atoms. The first kappa shape index (κ1) is 11.9. The van der Waals surface area contributed by atoms with Crippen LogP contribution in [0.1, 0.15) is 11.1 Å². The average Bonchev–Trinajstić information content (AvgIpc) is 2.38. The van der Waals surface area contributed by atoms with Crippen molar-refractivity contribution in [2.75, 3.05) is 0 Å². The van der Waals surface area contributed by atoms with Gasteiger partial charge in [-0.1, -0.05) is 0 Å². The molecular weight excluding hydrogens is 404 g/mol. The van der Waals surface area contributed by atoms with Gasteiger partial charge in [-0.3, -0.25) is 0 Å². The molecule has 0 N–H and O–H groups in total. The van der Waals surface area contributed by atoms with Gasteiger partial charge >= 0.3 is 113 Å². The Hall–Kier alpha value is -0.595. The average molecular weight is 415 g/mol. The standard InChI is InChI=1S/C14H11.ClH.Hg/c1-12(13-8-4-2-5-9-13)14-10-6-3-7-11-14;;/h1-11H;1H;/q;;+1/p-1. The predicted octanol–water partition coefficient (Wildman–Crippen LogP) is 4.31. The zero-order chi connectivity index (χ0) is 11.2. The number of halogens is 1. The Morgan fingerprint density at radius 1 is 0.812 bits per heavy atom. The van der Waals surface area contributed by atoms with Gasteiger partial charge in [0.15, 0.2) is 0 Å². The van der Waals surface area contributed by atoms with Gasteiger partial charge in [-0.25, -0.2) is 0 Å². The SMILES string of the molecule is [Cl][Hg][CH]=C(c1ccccc1)c1ccccc1. The van der Waals surface area contributed by atoms with Crippen molar-refractivity contribution >= 4 is 13.8 Å². The molecule has 0 fully saturated rings. The summed E-state index contributed by atoms with van der Waals surface area (Å²) in [5, 5.41) is 0. The molecule has 0 nitrogen and oxygen atoms in total. The minimum absolute atomic E-state index is 1.26. The van der Waals surface area contributed by atoms with Crippen molar-refractivity contribution in [2.24, 2.45) is 0 Å². The van der Waals surface area contributed by atoms with Crippen LogP contribution in [0.2, 0.25) is 0 Å². The molecule has 16 heavy (non-hydrogen) atoms. The Morgan fingerprint density at radius 3 is 1.62 bits per heavy atom. The molecule has 0 saturated carbocycles. The molecule has 0 aromatic heterocycles. The molecule has 76 valence electrons. The molecular formula is C14H11ClHg. The van der Waals surface area contributed by atoms with Crippen molar-refractivity contribution in [1.82, 2.24) is 0 Å². The summed E-state index contributed by atoms with van der Waals surface area (Å²) in [5.41, 5.74) is 3.81. The molecule has 0 aliphatic rings. The molecule has 2 aromatic carbocycles. The summed E-state index contributed by atoms with van der Waals surface area (Å²) in [6.45, 7) is 0. The van der Waals surface area contributed by atoms with Crippen LogP contribution < -0.4 is 0 Å². The molecule has 0 saturated heterocycles. The second-order valence-electron chi connectivity index (χ2n) is 3.50. The molecule has 2 heteroatoms. The summed E-state index contributed by atoms with van der Waals surface area (Å²) in [5.74, 6) is 0. The van der Waals surface area contributed by atoms with Gasteiger partial charge in [0.05, 0.1) is 0 Å². The van der Waals surface area contributed by atoms with Gasteiger partial charge in [-0.05, 0) is 0 Å². The van der Waals surface area contributed by atoms with E-state index < -0.39 is 23.3 Å². The van der Waals surface area contributed by atoms with E-state index >= 15 is 0 Å². The van der Waals surface area contributed by atoms with Crippen LogP contribution in [0, 0.1) is 0 Å². The summed E-state index contributed by atoms with van der Waals surface area (Å²) < 4.78 is 2.27. The van der Waals surface area contributed by atoms with Gasteiger partial charge in [-0.2, -0.15) is 0 Å². The van der Waals surface area contributed by atoms with Crippen LogP contribution in [0.5, 0.6) is 0 Å². The van der Waals surface area contributed by atoms with Crippen molar-refractivity contribution in [3.63, 3.8) is 0 Å². The van der Waals surface area contributed by atoms with E-state index in [2.05, 4.69) is 52.1 Å². The molecule has 0 bridgehead atoms. The zero-order valence-corrected chi connectivity index (χ0v) is 15.2. The predicted molar refractivity (Wildman–Crippen MR) is 65.8 cm³/mol. The Bertz CT molecular complexity index is 421. The summed E-state index contributed by atoms with van der Waals surface area (Å²) in [6.07, 6.45) is 0. The van der Waals surface area contributed by atoms with E-state index in [0.717, 1.165) is 0 Å². The quantitative estimate of drug-likeness (QED) is 0.656. The fourth-order valence-electron chi connectivity index (χ4n) is 1.71. The summed E-state index contributed by atoms with van der Waals surface area (Å²) in [7, 11) is 6.04. The number of hydrogen-bond acceptors (Lipinski definition) is 0. The summed E-state index contributed by atoms with van der Waals surface area (Å²) in [6, 6.07) is 20.9. The zero-order valence-electron chi connectivity index (χ0n) is 8.94. The Balaban J connectivity index is 2.44. The molecule has 0 aliphatic carbocycles. The van der Waals surface area contributed by atoms with E-state index in [-0.39, 0.29) is 0 Å². The van der Waals surface area contributed by atoms with E-state index in [1.54, 1.807) is 0 Å². The Morgan fingerprint density at radius 2 is 1.25 bits per heavy atom. The van der Waals surface area contributed by atoms with Crippen LogP contribution in [0.4, 0.5) is 0 Å². The molecule has 2 rings (SSSR count). The molecule has 0 heterocycles. The second-order valence-corrected chi connectivity index (χ2v) is 9.00. The van der Waals surface area contributed by atoms with Crippen molar-refractivity contribution in [3.8, 4) is 0 Å². The molecule has 0 radical (unpaired) electrons. The second kappa shape index (κ2) is 6.22. The summed E-state index contributed by atoms with van der Waals surface area (Å²) in [4.78, 5) is 0. The molecule has 0 amide bonds. The molecule has 0 aliphatic heterocycles. The minimum atomic E-state index is -1.29. The van der Waals surface area contributed by atoms with E-state index in [1.165, 1.54) is 16.7 Å². The third-order valence-corrected chi connectivity index (χ3v) is 5.99. The van der Waals surface area contributed by atoms with Gasteiger partial charge in [0.2, 0.25) is 0 Å². The molecule has 2 aromatic rings. The Labute approximate surface area is 112 Å². The van der Waals surface area contributed by atoms with Crippen LogP contribution in [0.15, 0.2) is 64.2 Å². The summed E-state index contributed by atoms with van der Waals surface area (Å²) >= 11 is -1.29. The van der Waals surface area contributed by atoms with Crippen LogP contribution >= 0.6 is 8.25 Å². The van der Waals surface area contributed by atoms with Gasteiger partial charge in [0.25, 0.3) is 0 Å². The van der Waals surface area contributed by atoms with Crippen molar-refractivity contribution in [1.29, 1.82) is 0 Å². The third-order valence-electron chi connectivity index (χ3n) is 2.45. The normalized spacial score (nSPS) is 9.31. The fraction of sp³-hybridized carbons (Fsp3) is 0. The first-order chi connectivity index (χ1) is 7.92. The maximum atomic E-state index is 6.04. The van der Waals surface area contributed by atoms with E-state index in [0.29, 0.717) is 0 Å². The topological polar surface area (TPSA) is 0 Å². The van der Waals surface area contributed by atoms with Crippen molar-refractivity contribution in [2.45, 2.75) is 0 Å². The van der Waals surface area contributed by atoms with E-state index in [9.17, 15) is 0 Å². The van der Waals surface area contributed by atoms with E-state index in [1.807, 2.05) is 12.1 Å². The van der Waals surface area contributed by atoms with Crippen LogP contribution in [-0.2, 0) is 23.3 Å². The number of benzene rings is 2. The van der Waals surface area contributed by atoms with Crippen molar-refractivity contribution < 1.29 is 23.3 Å². The van der Waals surface area contributed by atoms with Gasteiger partial charge < -0.3 is 0 Å². The number of rotatable bonds is 3. The van der Waals surface area contributed by atoms with Crippen LogP contribution in [0.25, 0.3) is 5.57 Å². The first-order valence-corrected chi connectivity index (χ1v) is 15.2. The molecule has 0 unspecified atom stereocenters. The van der Waals surface area contributed by atoms with Crippen LogP contribution in [0.3, 0.4) is 0 Å². The number of hydrogen-bond donors (Lipinski definition) is 0. The van der Waals surface area contributed by atoms with Gasteiger partial charge in [-0.15, -0.1) is 0 Å². The van der Waals surface area contributed by atoms with E-state index in [4.69, 9.17) is 8.25 Å². The fourth-order valence-corrected chi connectivity index (χ4v) is 5.50.